The van der Waals surface area contributed by atoms with E-state index >= 15 is 0 Å². The van der Waals surface area contributed by atoms with Crippen LogP contribution in [0.3, 0.4) is 0 Å². The molecule has 0 unspecified atom stereocenters. The summed E-state index contributed by atoms with van der Waals surface area (Å²) in [7, 11) is 0. The third kappa shape index (κ3) is 2.88. The molecule has 0 N–H and O–H groups in total. The van der Waals surface area contributed by atoms with Crippen LogP contribution in [0.2, 0.25) is 0 Å². The topological polar surface area (TPSA) is 58.7 Å². The number of hydrogen-bond donors (Lipinski definition) is 0. The van der Waals surface area contributed by atoms with E-state index in [0.717, 1.165) is 35.5 Å². The zero-order chi connectivity index (χ0) is 21.8. The largest absolute Gasteiger partial charge is 0.293 e. The molecule has 2 aromatic carbocycles. The number of aromatic nitrogens is 2. The van der Waals surface area contributed by atoms with Crippen LogP contribution in [0.25, 0.3) is 16.9 Å². The van der Waals surface area contributed by atoms with Gasteiger partial charge in [0.15, 0.2) is 5.78 Å². The van der Waals surface area contributed by atoms with E-state index in [1.165, 1.54) is 11.1 Å². The van der Waals surface area contributed by atoms with Crippen LogP contribution in [-0.4, -0.2) is 15.6 Å². The number of Topliss-reactive ketones (excluding diaryl/α,β-unsaturated/α-hetero) is 1. The average Bonchev–Trinajstić information content (AvgIpc) is 3.18. The molecule has 4 heteroatoms. The molecule has 0 fully saturated rings. The summed E-state index contributed by atoms with van der Waals surface area (Å²) in [4.78, 5) is 12.7. The molecular formula is C27H25N3O. The van der Waals surface area contributed by atoms with E-state index in [1.807, 2.05) is 23.7 Å². The Hall–Kier alpha value is -3.45. The second kappa shape index (κ2) is 7.06. The van der Waals surface area contributed by atoms with Gasteiger partial charge in [-0.05, 0) is 37.8 Å². The second-order valence-electron chi connectivity index (χ2n) is 9.04. The van der Waals surface area contributed by atoms with E-state index in [2.05, 4.69) is 68.4 Å². The monoisotopic (exact) mass is 407 g/mol. The fraction of sp³-hybridized carbons (Fsp3) is 0.296. The van der Waals surface area contributed by atoms with Crippen molar-refractivity contribution in [1.82, 2.24) is 9.78 Å². The number of rotatable bonds is 2. The van der Waals surface area contributed by atoms with Gasteiger partial charge in [0.1, 0.15) is 6.07 Å². The number of carbonyl (C=O) groups excluding carboxylic acids is 1. The Morgan fingerprint density at radius 2 is 1.84 bits per heavy atom. The molecule has 1 aromatic heterocycles. The van der Waals surface area contributed by atoms with Gasteiger partial charge in [-0.15, -0.1) is 0 Å². The van der Waals surface area contributed by atoms with Crippen LogP contribution in [0.5, 0.6) is 0 Å². The van der Waals surface area contributed by atoms with Gasteiger partial charge in [-0.25, -0.2) is 4.68 Å². The summed E-state index contributed by atoms with van der Waals surface area (Å²) in [6.45, 7) is 6.20. The fourth-order valence-electron chi connectivity index (χ4n) is 5.49. The second-order valence-corrected chi connectivity index (χ2v) is 9.04. The van der Waals surface area contributed by atoms with Gasteiger partial charge in [-0.3, -0.25) is 4.79 Å². The van der Waals surface area contributed by atoms with E-state index < -0.39 is 5.41 Å². The van der Waals surface area contributed by atoms with Crippen molar-refractivity contribution in [1.29, 1.82) is 5.26 Å². The van der Waals surface area contributed by atoms with Gasteiger partial charge in [-0.1, -0.05) is 68.0 Å². The smallest absolute Gasteiger partial charge is 0.176 e. The molecule has 4 nitrogen and oxygen atoms in total. The highest BCUT2D eigenvalue weighted by molar-refractivity contribution is 6.02. The molecule has 0 amide bonds. The molecule has 0 bridgehead atoms. The molecule has 0 saturated heterocycles. The van der Waals surface area contributed by atoms with Gasteiger partial charge in [0.25, 0.3) is 0 Å². The van der Waals surface area contributed by atoms with Crippen molar-refractivity contribution >= 4 is 5.78 Å². The number of benzene rings is 2. The van der Waals surface area contributed by atoms with Crippen LogP contribution in [-0.2, 0) is 16.6 Å². The Morgan fingerprint density at radius 3 is 2.52 bits per heavy atom. The Bertz CT molecular complexity index is 1240. The summed E-state index contributed by atoms with van der Waals surface area (Å²) in [5, 5.41) is 14.8. The third-order valence-corrected chi connectivity index (χ3v) is 7.14. The maximum absolute atomic E-state index is 12.7. The first kappa shape index (κ1) is 19.5. The Kier molecular flexibility index (Phi) is 4.44. The molecule has 0 aliphatic heterocycles. The highest BCUT2D eigenvalue weighted by Crippen LogP contribution is 2.51. The molecule has 154 valence electrons. The predicted molar refractivity (Wildman–Crippen MR) is 121 cm³/mol. The van der Waals surface area contributed by atoms with Crippen molar-refractivity contribution in [2.75, 3.05) is 0 Å². The van der Waals surface area contributed by atoms with Crippen molar-refractivity contribution < 1.29 is 4.79 Å². The van der Waals surface area contributed by atoms with E-state index in [0.29, 0.717) is 0 Å². The molecule has 3 aromatic rings. The molecule has 5 rings (SSSR count). The first-order chi connectivity index (χ1) is 14.9. The SMILES string of the molecule is Cc1ccc(-n2nc3c(c2-c2ccccc2)CC[C@@H]2[C@@H](C)C(=O)C(C#N)=C[C@@]32C)cc1. The quantitative estimate of drug-likeness (QED) is 0.576. The van der Waals surface area contributed by atoms with Crippen LogP contribution in [0.1, 0.15) is 37.1 Å². The van der Waals surface area contributed by atoms with Crippen molar-refractivity contribution in [2.45, 2.75) is 39.0 Å². The predicted octanol–water partition coefficient (Wildman–Crippen LogP) is 5.34. The first-order valence-electron chi connectivity index (χ1n) is 10.9. The number of carbonyl (C=O) groups is 1. The highest BCUT2D eigenvalue weighted by Gasteiger charge is 2.50. The average molecular weight is 408 g/mol. The molecular weight excluding hydrogens is 382 g/mol. The highest BCUT2D eigenvalue weighted by atomic mass is 16.1. The summed E-state index contributed by atoms with van der Waals surface area (Å²) in [5.74, 6) is -0.0632. The van der Waals surface area contributed by atoms with Crippen molar-refractivity contribution in [2.24, 2.45) is 11.8 Å². The van der Waals surface area contributed by atoms with Crippen LogP contribution >= 0.6 is 0 Å². The van der Waals surface area contributed by atoms with Crippen molar-refractivity contribution in [3.63, 3.8) is 0 Å². The molecule has 31 heavy (non-hydrogen) atoms. The first-order valence-corrected chi connectivity index (χ1v) is 10.9. The number of ketones is 1. The van der Waals surface area contributed by atoms with Crippen LogP contribution in [0.15, 0.2) is 66.2 Å². The zero-order valence-electron chi connectivity index (χ0n) is 18.1. The number of nitriles is 1. The van der Waals surface area contributed by atoms with Crippen molar-refractivity contribution in [3.05, 3.63) is 83.1 Å². The lowest BCUT2D eigenvalue weighted by Gasteiger charge is -2.44. The van der Waals surface area contributed by atoms with Gasteiger partial charge in [0.2, 0.25) is 0 Å². The molecule has 0 saturated carbocycles. The van der Waals surface area contributed by atoms with E-state index in [4.69, 9.17) is 5.10 Å². The van der Waals surface area contributed by atoms with Gasteiger partial charge < -0.3 is 0 Å². The summed E-state index contributed by atoms with van der Waals surface area (Å²) < 4.78 is 2.05. The Morgan fingerprint density at radius 1 is 1.13 bits per heavy atom. The van der Waals surface area contributed by atoms with E-state index in [1.54, 1.807) is 0 Å². The van der Waals surface area contributed by atoms with Crippen molar-refractivity contribution in [3.8, 4) is 23.0 Å². The van der Waals surface area contributed by atoms with Crippen LogP contribution in [0, 0.1) is 30.1 Å². The van der Waals surface area contributed by atoms with Gasteiger partial charge in [-0.2, -0.15) is 10.4 Å². The summed E-state index contributed by atoms with van der Waals surface area (Å²) in [6.07, 6.45) is 3.67. The van der Waals surface area contributed by atoms with Gasteiger partial charge in [0.05, 0.1) is 22.6 Å². The molecule has 2 aliphatic rings. The number of nitrogens with zero attached hydrogens (tertiary/aromatic N) is 3. The van der Waals surface area contributed by atoms with E-state index in [9.17, 15) is 10.1 Å². The number of allylic oxidation sites excluding steroid dienone is 2. The number of aryl methyl sites for hydroxylation is 1. The van der Waals surface area contributed by atoms with Gasteiger partial charge in [0, 0.05) is 22.5 Å². The normalized spacial score (nSPS) is 24.7. The maximum atomic E-state index is 12.7. The Labute approximate surface area is 182 Å². The third-order valence-electron chi connectivity index (χ3n) is 7.14. The fourth-order valence-corrected chi connectivity index (χ4v) is 5.49. The zero-order valence-corrected chi connectivity index (χ0v) is 18.1. The Balaban J connectivity index is 1.79. The molecule has 2 aliphatic carbocycles. The molecule has 0 radical (unpaired) electrons. The lowest BCUT2D eigenvalue weighted by molar-refractivity contribution is -0.121. The van der Waals surface area contributed by atoms with Crippen LogP contribution in [0.4, 0.5) is 0 Å². The number of hydrogen-bond acceptors (Lipinski definition) is 3. The molecule has 1 heterocycles. The van der Waals surface area contributed by atoms with Gasteiger partial charge >= 0.3 is 0 Å². The minimum atomic E-state index is -0.439. The summed E-state index contributed by atoms with van der Waals surface area (Å²) in [6, 6.07) is 20.9. The minimum Gasteiger partial charge on any atom is -0.293 e. The standard InChI is InChI=1S/C27H25N3O/c1-17-9-11-21(12-10-17)30-24(19-7-5-4-6-8-19)22-13-14-23-18(2)25(31)20(16-28)15-27(23,3)26(22)29-30/h4-12,15,18,23H,13-14H2,1-3H3/t18-,23-,27-/m1/s1. The number of fused-ring (bicyclic) bond motifs is 3. The van der Waals surface area contributed by atoms with E-state index in [-0.39, 0.29) is 23.2 Å². The minimum absolute atomic E-state index is 0.0327. The lowest BCUT2D eigenvalue weighted by Crippen LogP contribution is -2.45. The molecule has 0 spiro atoms. The maximum Gasteiger partial charge on any atom is 0.176 e. The lowest BCUT2D eigenvalue weighted by atomic mass is 9.58. The van der Waals surface area contributed by atoms with Crippen LogP contribution < -0.4 is 0 Å². The summed E-state index contributed by atoms with van der Waals surface area (Å²) >= 11 is 0. The summed E-state index contributed by atoms with van der Waals surface area (Å²) in [5.41, 5.74) is 6.50. The molecule has 3 atom stereocenters.